The highest BCUT2D eigenvalue weighted by molar-refractivity contribution is 6.00. The lowest BCUT2D eigenvalue weighted by molar-refractivity contribution is -0.146. The first kappa shape index (κ1) is 29.3. The number of hydrogen-bond donors (Lipinski definition) is 4. The number of phenols is 1. The SMILES string of the molecule is COc1ccc(NC(=O)C(c2ccc(O)cc2)N(C(=O)C(CC(N)=O)NC(=O)OC(C)(C)C)C2CCC2)cc1. The van der Waals surface area contributed by atoms with Gasteiger partial charge in [-0.05, 0) is 82.0 Å². The molecule has 0 aromatic heterocycles. The highest BCUT2D eigenvalue weighted by Crippen LogP contribution is 2.35. The third-order valence-electron chi connectivity index (χ3n) is 6.21. The number of carbonyl (C=O) groups excluding carboxylic acids is 4. The van der Waals surface area contributed by atoms with Gasteiger partial charge in [-0.1, -0.05) is 12.1 Å². The van der Waals surface area contributed by atoms with E-state index in [1.165, 1.54) is 24.1 Å². The Balaban J connectivity index is 2.00. The molecule has 0 bridgehead atoms. The molecule has 4 amide bonds. The van der Waals surface area contributed by atoms with Gasteiger partial charge in [0.1, 0.15) is 29.2 Å². The maximum atomic E-state index is 14.0. The molecule has 0 heterocycles. The van der Waals surface area contributed by atoms with Gasteiger partial charge in [-0.2, -0.15) is 0 Å². The normalized spacial score (nSPS) is 14.8. The molecule has 2 aromatic carbocycles. The zero-order valence-corrected chi connectivity index (χ0v) is 22.6. The Bertz CT molecular complexity index is 1170. The molecule has 1 fully saturated rings. The number of ether oxygens (including phenoxy) is 2. The number of methoxy groups -OCH3 is 1. The summed E-state index contributed by atoms with van der Waals surface area (Å²) in [6, 6.07) is 9.84. The molecule has 2 atom stereocenters. The predicted octanol–water partition coefficient (Wildman–Crippen LogP) is 3.23. The highest BCUT2D eigenvalue weighted by Gasteiger charge is 2.42. The van der Waals surface area contributed by atoms with E-state index in [9.17, 15) is 24.3 Å². The van der Waals surface area contributed by atoms with E-state index in [-0.39, 0.29) is 11.8 Å². The molecule has 11 heteroatoms. The summed E-state index contributed by atoms with van der Waals surface area (Å²) in [6.45, 7) is 5.01. The topological polar surface area (TPSA) is 160 Å². The fourth-order valence-electron chi connectivity index (χ4n) is 4.19. The second-order valence-electron chi connectivity index (χ2n) is 10.4. The van der Waals surface area contributed by atoms with E-state index in [1.54, 1.807) is 57.2 Å². The molecule has 3 rings (SSSR count). The number of phenolic OH excluding ortho intramolecular Hbond substituents is 1. The summed E-state index contributed by atoms with van der Waals surface area (Å²) in [5, 5.41) is 15.2. The van der Waals surface area contributed by atoms with Crippen molar-refractivity contribution >= 4 is 29.5 Å². The highest BCUT2D eigenvalue weighted by atomic mass is 16.6. The van der Waals surface area contributed by atoms with E-state index in [1.807, 2.05) is 0 Å². The largest absolute Gasteiger partial charge is 0.508 e. The fraction of sp³-hybridized carbons (Fsp3) is 0.429. The Morgan fingerprint density at radius 2 is 1.67 bits per heavy atom. The molecular weight excluding hydrogens is 504 g/mol. The summed E-state index contributed by atoms with van der Waals surface area (Å²) in [4.78, 5) is 53.7. The summed E-state index contributed by atoms with van der Waals surface area (Å²) < 4.78 is 10.5. The molecule has 1 aliphatic rings. The Kier molecular flexibility index (Phi) is 9.39. The van der Waals surface area contributed by atoms with Crippen molar-refractivity contribution in [3.63, 3.8) is 0 Å². The number of nitrogens with one attached hydrogen (secondary N) is 2. The minimum Gasteiger partial charge on any atom is -0.508 e. The van der Waals surface area contributed by atoms with Crippen molar-refractivity contribution in [3.05, 3.63) is 54.1 Å². The van der Waals surface area contributed by atoms with Crippen LogP contribution in [0.15, 0.2) is 48.5 Å². The van der Waals surface area contributed by atoms with Gasteiger partial charge in [0, 0.05) is 11.7 Å². The van der Waals surface area contributed by atoms with Crippen LogP contribution in [0.5, 0.6) is 11.5 Å². The molecule has 0 aliphatic heterocycles. The van der Waals surface area contributed by atoms with Crippen molar-refractivity contribution < 1.29 is 33.8 Å². The zero-order valence-electron chi connectivity index (χ0n) is 22.6. The van der Waals surface area contributed by atoms with Crippen LogP contribution in [-0.4, -0.2) is 58.6 Å². The van der Waals surface area contributed by atoms with E-state index in [0.717, 1.165) is 6.42 Å². The first-order valence-electron chi connectivity index (χ1n) is 12.7. The molecule has 0 spiro atoms. The molecule has 5 N–H and O–H groups in total. The molecule has 2 unspecified atom stereocenters. The van der Waals surface area contributed by atoms with Crippen molar-refractivity contribution in [2.24, 2.45) is 5.73 Å². The van der Waals surface area contributed by atoms with Gasteiger partial charge >= 0.3 is 6.09 Å². The van der Waals surface area contributed by atoms with Crippen LogP contribution in [0.4, 0.5) is 10.5 Å². The Morgan fingerprint density at radius 1 is 1.05 bits per heavy atom. The van der Waals surface area contributed by atoms with Gasteiger partial charge in [0.25, 0.3) is 5.91 Å². The maximum absolute atomic E-state index is 14.0. The lowest BCUT2D eigenvalue weighted by atomic mass is 9.88. The van der Waals surface area contributed by atoms with Gasteiger partial charge in [0.2, 0.25) is 11.8 Å². The molecule has 39 heavy (non-hydrogen) atoms. The van der Waals surface area contributed by atoms with Crippen molar-refractivity contribution in [2.75, 3.05) is 12.4 Å². The number of nitrogens with zero attached hydrogens (tertiary/aromatic N) is 1. The van der Waals surface area contributed by atoms with Gasteiger partial charge in [0.15, 0.2) is 0 Å². The smallest absolute Gasteiger partial charge is 0.408 e. The van der Waals surface area contributed by atoms with Gasteiger partial charge in [0.05, 0.1) is 13.5 Å². The van der Waals surface area contributed by atoms with Crippen LogP contribution in [0.2, 0.25) is 0 Å². The van der Waals surface area contributed by atoms with Gasteiger partial charge in [-0.15, -0.1) is 0 Å². The van der Waals surface area contributed by atoms with E-state index in [4.69, 9.17) is 15.2 Å². The number of nitrogens with two attached hydrogens (primary N) is 1. The van der Waals surface area contributed by atoms with Gasteiger partial charge in [-0.25, -0.2) is 4.79 Å². The monoisotopic (exact) mass is 540 g/mol. The fourth-order valence-corrected chi connectivity index (χ4v) is 4.19. The number of primary amides is 1. The molecule has 0 saturated heterocycles. The van der Waals surface area contributed by atoms with Crippen LogP contribution in [0.1, 0.15) is 58.1 Å². The van der Waals surface area contributed by atoms with Crippen LogP contribution < -0.4 is 21.1 Å². The molecule has 1 saturated carbocycles. The van der Waals surface area contributed by atoms with Gasteiger partial charge < -0.3 is 35.8 Å². The Labute approximate surface area is 227 Å². The van der Waals surface area contributed by atoms with Crippen molar-refractivity contribution in [1.82, 2.24) is 10.2 Å². The zero-order chi connectivity index (χ0) is 28.7. The standard InChI is InChI=1S/C28H36N4O7/c1-28(2,3)39-27(37)31-22(16-23(29)34)26(36)32(19-6-5-7-19)24(17-8-12-20(33)13-9-17)25(35)30-18-10-14-21(38-4)15-11-18/h8-15,19,22,24,33H,5-7,16H2,1-4H3,(H2,29,34)(H,30,35)(H,31,37). The minimum absolute atomic E-state index is 0.00668. The van der Waals surface area contributed by atoms with Crippen molar-refractivity contribution in [1.29, 1.82) is 0 Å². The maximum Gasteiger partial charge on any atom is 0.408 e. The average molecular weight is 541 g/mol. The predicted molar refractivity (Wildman–Crippen MR) is 144 cm³/mol. The molecule has 0 radical (unpaired) electrons. The summed E-state index contributed by atoms with van der Waals surface area (Å²) in [5.74, 6) is -1.36. The van der Waals surface area contributed by atoms with Crippen LogP contribution >= 0.6 is 0 Å². The molecule has 2 aromatic rings. The minimum atomic E-state index is -1.36. The van der Waals surface area contributed by atoms with Crippen LogP contribution in [0, 0.1) is 0 Å². The van der Waals surface area contributed by atoms with Crippen molar-refractivity contribution in [2.45, 2.75) is 70.2 Å². The van der Waals surface area contributed by atoms with Gasteiger partial charge in [-0.3, -0.25) is 14.4 Å². The lowest BCUT2D eigenvalue weighted by Crippen LogP contribution is -2.57. The number of amides is 4. The average Bonchev–Trinajstić information content (AvgIpc) is 2.81. The molecular formula is C28H36N4O7. The Hall–Kier alpha value is -4.28. The van der Waals surface area contributed by atoms with Crippen LogP contribution in [0.25, 0.3) is 0 Å². The lowest BCUT2D eigenvalue weighted by Gasteiger charge is -2.43. The summed E-state index contributed by atoms with van der Waals surface area (Å²) in [6.07, 6.45) is 0.734. The second-order valence-corrected chi connectivity index (χ2v) is 10.4. The van der Waals surface area contributed by atoms with E-state index < -0.39 is 47.9 Å². The number of alkyl carbamates (subject to hydrolysis) is 1. The summed E-state index contributed by atoms with van der Waals surface area (Å²) >= 11 is 0. The van der Waals surface area contributed by atoms with Crippen molar-refractivity contribution in [3.8, 4) is 11.5 Å². The summed E-state index contributed by atoms with van der Waals surface area (Å²) in [7, 11) is 1.53. The van der Waals surface area contributed by atoms with Crippen LogP contribution in [-0.2, 0) is 19.1 Å². The quantitative estimate of drug-likeness (QED) is 0.360. The second kappa shape index (κ2) is 12.5. The first-order valence-corrected chi connectivity index (χ1v) is 12.7. The molecule has 210 valence electrons. The molecule has 11 nitrogen and oxygen atoms in total. The first-order chi connectivity index (χ1) is 18.4. The van der Waals surface area contributed by atoms with E-state index in [2.05, 4.69) is 10.6 Å². The number of hydrogen-bond acceptors (Lipinski definition) is 7. The summed E-state index contributed by atoms with van der Waals surface area (Å²) in [5.41, 5.74) is 5.50. The number of rotatable bonds is 10. The third-order valence-corrected chi connectivity index (χ3v) is 6.21. The number of benzene rings is 2. The third kappa shape index (κ3) is 8.10. The van der Waals surface area contributed by atoms with Crippen LogP contribution in [0.3, 0.4) is 0 Å². The van der Waals surface area contributed by atoms with E-state index in [0.29, 0.717) is 29.8 Å². The number of carbonyl (C=O) groups is 4. The molecule has 1 aliphatic carbocycles. The number of aromatic hydroxyl groups is 1. The Morgan fingerprint density at radius 3 is 2.15 bits per heavy atom. The van der Waals surface area contributed by atoms with E-state index >= 15 is 0 Å². The number of anilines is 1.